The Balaban J connectivity index is 2.78. The standard InChI is InChI=1S/C14H21N3O3/c1-4-17(10(2)3)13(18)9-20-12-8-6-5-7-11(12)14(15)16-19/h5-8,10,19H,4,9H2,1-3H3,(H2,15,16). The van der Waals surface area contributed by atoms with E-state index in [0.717, 1.165) is 0 Å². The van der Waals surface area contributed by atoms with Crippen LogP contribution in [0.5, 0.6) is 5.75 Å². The maximum atomic E-state index is 12.0. The molecule has 0 radical (unpaired) electrons. The number of amidine groups is 1. The second-order valence-corrected chi connectivity index (χ2v) is 4.54. The number of carbonyl (C=O) groups excluding carboxylic acids is 1. The summed E-state index contributed by atoms with van der Waals surface area (Å²) in [5.41, 5.74) is 6.01. The lowest BCUT2D eigenvalue weighted by molar-refractivity contribution is -0.134. The molecule has 0 bridgehead atoms. The average molecular weight is 279 g/mol. The molecular weight excluding hydrogens is 258 g/mol. The average Bonchev–Trinajstić information content (AvgIpc) is 2.45. The Morgan fingerprint density at radius 3 is 2.65 bits per heavy atom. The van der Waals surface area contributed by atoms with Gasteiger partial charge in [0.2, 0.25) is 0 Å². The van der Waals surface area contributed by atoms with Crippen LogP contribution in [-0.4, -0.2) is 41.0 Å². The van der Waals surface area contributed by atoms with Gasteiger partial charge in [-0.1, -0.05) is 17.3 Å². The highest BCUT2D eigenvalue weighted by atomic mass is 16.5. The van der Waals surface area contributed by atoms with Gasteiger partial charge in [-0.2, -0.15) is 0 Å². The van der Waals surface area contributed by atoms with Gasteiger partial charge >= 0.3 is 0 Å². The summed E-state index contributed by atoms with van der Waals surface area (Å²) in [5.74, 6) is 0.261. The fourth-order valence-electron chi connectivity index (χ4n) is 1.91. The molecule has 6 heteroatoms. The Morgan fingerprint density at radius 2 is 2.10 bits per heavy atom. The fraction of sp³-hybridized carbons (Fsp3) is 0.429. The number of rotatable bonds is 6. The third kappa shape index (κ3) is 3.88. The highest BCUT2D eigenvalue weighted by Gasteiger charge is 2.16. The van der Waals surface area contributed by atoms with E-state index in [2.05, 4.69) is 5.16 Å². The second kappa shape index (κ2) is 7.37. The first kappa shape index (κ1) is 15.8. The summed E-state index contributed by atoms with van der Waals surface area (Å²) >= 11 is 0. The summed E-state index contributed by atoms with van der Waals surface area (Å²) in [6.45, 7) is 6.36. The first-order valence-electron chi connectivity index (χ1n) is 6.50. The van der Waals surface area contributed by atoms with Gasteiger partial charge in [0.05, 0.1) is 5.56 Å². The number of nitrogens with zero attached hydrogens (tertiary/aromatic N) is 2. The van der Waals surface area contributed by atoms with Crippen molar-refractivity contribution in [2.45, 2.75) is 26.8 Å². The molecule has 0 aromatic heterocycles. The van der Waals surface area contributed by atoms with Crippen molar-refractivity contribution in [1.29, 1.82) is 0 Å². The Hall–Kier alpha value is -2.24. The summed E-state index contributed by atoms with van der Waals surface area (Å²) < 4.78 is 5.49. The van der Waals surface area contributed by atoms with Gasteiger partial charge in [-0.05, 0) is 32.9 Å². The molecule has 0 saturated heterocycles. The number of nitrogens with two attached hydrogens (primary N) is 1. The smallest absolute Gasteiger partial charge is 0.260 e. The van der Waals surface area contributed by atoms with Crippen LogP contribution < -0.4 is 10.5 Å². The first-order chi connectivity index (χ1) is 9.51. The zero-order valence-electron chi connectivity index (χ0n) is 12.0. The molecule has 6 nitrogen and oxygen atoms in total. The van der Waals surface area contributed by atoms with Crippen molar-refractivity contribution in [2.24, 2.45) is 10.9 Å². The van der Waals surface area contributed by atoms with Gasteiger partial charge in [-0.3, -0.25) is 4.79 Å². The third-order valence-corrected chi connectivity index (χ3v) is 2.91. The van der Waals surface area contributed by atoms with Crippen LogP contribution in [0.25, 0.3) is 0 Å². The van der Waals surface area contributed by atoms with Crippen molar-refractivity contribution in [3.63, 3.8) is 0 Å². The van der Waals surface area contributed by atoms with E-state index in [1.54, 1.807) is 29.2 Å². The molecule has 3 N–H and O–H groups in total. The number of carbonyl (C=O) groups is 1. The SMILES string of the molecule is CCN(C(=O)COc1ccccc1/C(N)=N/O)C(C)C. The minimum Gasteiger partial charge on any atom is -0.483 e. The van der Waals surface area contributed by atoms with E-state index in [4.69, 9.17) is 15.7 Å². The van der Waals surface area contributed by atoms with E-state index in [1.165, 1.54) is 0 Å². The molecule has 0 fully saturated rings. The quantitative estimate of drug-likeness (QED) is 0.357. The molecule has 1 aromatic carbocycles. The molecule has 20 heavy (non-hydrogen) atoms. The lowest BCUT2D eigenvalue weighted by Crippen LogP contribution is -2.39. The Bertz CT molecular complexity index is 486. The second-order valence-electron chi connectivity index (χ2n) is 4.54. The van der Waals surface area contributed by atoms with Gasteiger partial charge in [-0.25, -0.2) is 0 Å². The number of oxime groups is 1. The fourth-order valence-corrected chi connectivity index (χ4v) is 1.91. The molecule has 0 saturated carbocycles. The van der Waals surface area contributed by atoms with Gasteiger partial charge in [-0.15, -0.1) is 0 Å². The van der Waals surface area contributed by atoms with Crippen molar-refractivity contribution >= 4 is 11.7 Å². The summed E-state index contributed by atoms with van der Waals surface area (Å²) in [5, 5.41) is 11.7. The van der Waals surface area contributed by atoms with Crippen LogP contribution in [0.15, 0.2) is 29.4 Å². The van der Waals surface area contributed by atoms with E-state index in [1.807, 2.05) is 20.8 Å². The Labute approximate surface area is 118 Å². The zero-order valence-corrected chi connectivity index (χ0v) is 12.0. The summed E-state index contributed by atoms with van der Waals surface area (Å²) in [4.78, 5) is 13.7. The van der Waals surface area contributed by atoms with Crippen LogP contribution in [-0.2, 0) is 4.79 Å². The van der Waals surface area contributed by atoms with Crippen LogP contribution in [0.2, 0.25) is 0 Å². The molecule has 0 atom stereocenters. The minimum absolute atomic E-state index is 0.0516. The van der Waals surface area contributed by atoms with Crippen molar-refractivity contribution < 1.29 is 14.7 Å². The highest BCUT2D eigenvalue weighted by molar-refractivity contribution is 5.99. The number of hydrogen-bond acceptors (Lipinski definition) is 4. The number of amides is 1. The molecule has 0 spiro atoms. The van der Waals surface area contributed by atoms with E-state index < -0.39 is 0 Å². The Morgan fingerprint density at radius 1 is 1.45 bits per heavy atom. The van der Waals surface area contributed by atoms with Crippen molar-refractivity contribution in [3.05, 3.63) is 29.8 Å². The number of hydrogen-bond donors (Lipinski definition) is 2. The van der Waals surface area contributed by atoms with E-state index in [0.29, 0.717) is 17.9 Å². The molecule has 110 valence electrons. The highest BCUT2D eigenvalue weighted by Crippen LogP contribution is 2.17. The van der Waals surface area contributed by atoms with E-state index in [-0.39, 0.29) is 24.4 Å². The van der Waals surface area contributed by atoms with Crippen LogP contribution in [0.1, 0.15) is 26.3 Å². The number of benzene rings is 1. The van der Waals surface area contributed by atoms with E-state index >= 15 is 0 Å². The molecule has 0 heterocycles. The van der Waals surface area contributed by atoms with Crippen molar-refractivity contribution in [3.8, 4) is 5.75 Å². The maximum Gasteiger partial charge on any atom is 0.260 e. The number of para-hydroxylation sites is 1. The predicted octanol–water partition coefficient (Wildman–Crippen LogP) is 1.42. The molecular formula is C14H21N3O3. The molecule has 0 unspecified atom stereocenters. The van der Waals surface area contributed by atoms with Crippen LogP contribution in [0, 0.1) is 0 Å². The largest absolute Gasteiger partial charge is 0.483 e. The van der Waals surface area contributed by atoms with Crippen LogP contribution in [0.4, 0.5) is 0 Å². The molecule has 0 aliphatic carbocycles. The molecule has 1 rings (SSSR count). The normalized spacial score (nSPS) is 11.5. The van der Waals surface area contributed by atoms with Crippen LogP contribution >= 0.6 is 0 Å². The predicted molar refractivity (Wildman–Crippen MR) is 77.0 cm³/mol. The summed E-state index contributed by atoms with van der Waals surface area (Å²) in [6, 6.07) is 6.96. The molecule has 1 aromatic rings. The van der Waals surface area contributed by atoms with Gasteiger partial charge in [0, 0.05) is 12.6 Å². The topological polar surface area (TPSA) is 88.2 Å². The number of likely N-dealkylation sites (N-methyl/N-ethyl adjacent to an activating group) is 1. The van der Waals surface area contributed by atoms with Crippen molar-refractivity contribution in [1.82, 2.24) is 4.90 Å². The maximum absolute atomic E-state index is 12.0. The lowest BCUT2D eigenvalue weighted by Gasteiger charge is -2.25. The Kier molecular flexibility index (Phi) is 5.83. The minimum atomic E-state index is -0.100. The van der Waals surface area contributed by atoms with Crippen LogP contribution in [0.3, 0.4) is 0 Å². The third-order valence-electron chi connectivity index (χ3n) is 2.91. The summed E-state index contributed by atoms with van der Waals surface area (Å²) in [6.07, 6.45) is 0. The van der Waals surface area contributed by atoms with Gasteiger partial charge in [0.1, 0.15) is 5.75 Å². The van der Waals surface area contributed by atoms with Gasteiger partial charge < -0.3 is 20.6 Å². The zero-order chi connectivity index (χ0) is 15.1. The first-order valence-corrected chi connectivity index (χ1v) is 6.50. The van der Waals surface area contributed by atoms with Gasteiger partial charge in [0.25, 0.3) is 5.91 Å². The van der Waals surface area contributed by atoms with E-state index in [9.17, 15) is 4.79 Å². The number of ether oxygens (including phenoxy) is 1. The lowest BCUT2D eigenvalue weighted by atomic mass is 10.2. The van der Waals surface area contributed by atoms with Gasteiger partial charge in [0.15, 0.2) is 12.4 Å². The summed E-state index contributed by atoms with van der Waals surface area (Å²) in [7, 11) is 0. The molecule has 1 amide bonds. The monoisotopic (exact) mass is 279 g/mol. The molecule has 0 aliphatic rings. The van der Waals surface area contributed by atoms with Crippen molar-refractivity contribution in [2.75, 3.05) is 13.2 Å². The molecule has 0 aliphatic heterocycles.